The molecule has 3 N–H and O–H groups in total. The fourth-order valence-electron chi connectivity index (χ4n) is 2.79. The van der Waals surface area contributed by atoms with Gasteiger partial charge in [-0.2, -0.15) is 13.2 Å². The van der Waals surface area contributed by atoms with Crippen molar-refractivity contribution in [1.29, 1.82) is 0 Å². The molecule has 1 heterocycles. The van der Waals surface area contributed by atoms with Gasteiger partial charge in [0, 0.05) is 12.4 Å². The lowest BCUT2D eigenvalue weighted by atomic mass is 9.72. The van der Waals surface area contributed by atoms with Crippen LogP contribution in [0.1, 0.15) is 49.0 Å². The van der Waals surface area contributed by atoms with Crippen molar-refractivity contribution < 1.29 is 27.2 Å². The maximum atomic E-state index is 13.4. The summed E-state index contributed by atoms with van der Waals surface area (Å²) >= 11 is 5.86. The monoisotopic (exact) mass is 461 g/mol. The van der Waals surface area contributed by atoms with Crippen LogP contribution in [0.3, 0.4) is 0 Å². The Morgan fingerprint density at radius 3 is 2.19 bits per heavy atom. The number of hydrazine groups is 1. The van der Waals surface area contributed by atoms with Crippen molar-refractivity contribution in [1.82, 2.24) is 20.8 Å². The SMILES string of the molecule is CC.O=C(NNC(=O)C(F)(F)F)c1cnc(NC2(c3ccc(F)c(Cl)c3)CCC2)nc1. The van der Waals surface area contributed by atoms with E-state index in [9.17, 15) is 27.2 Å². The number of halogens is 5. The Hall–Kier alpha value is -2.95. The Labute approximate surface area is 180 Å². The van der Waals surface area contributed by atoms with Gasteiger partial charge in [0.25, 0.3) is 5.91 Å². The van der Waals surface area contributed by atoms with Crippen molar-refractivity contribution in [3.63, 3.8) is 0 Å². The molecule has 7 nitrogen and oxygen atoms in total. The van der Waals surface area contributed by atoms with Crippen molar-refractivity contribution in [3.05, 3.63) is 52.6 Å². The predicted molar refractivity (Wildman–Crippen MR) is 106 cm³/mol. The lowest BCUT2D eigenvalue weighted by Gasteiger charge is -2.43. The van der Waals surface area contributed by atoms with Gasteiger partial charge in [-0.3, -0.25) is 20.4 Å². The third-order valence-electron chi connectivity index (χ3n) is 4.49. The van der Waals surface area contributed by atoms with Crippen LogP contribution in [0.25, 0.3) is 0 Å². The average Bonchev–Trinajstić information content (AvgIpc) is 2.72. The highest BCUT2D eigenvalue weighted by Crippen LogP contribution is 2.44. The van der Waals surface area contributed by atoms with Gasteiger partial charge in [0.15, 0.2) is 0 Å². The number of hydrogen-bond donors (Lipinski definition) is 3. The van der Waals surface area contributed by atoms with Crippen molar-refractivity contribution in [2.45, 2.75) is 44.8 Å². The van der Waals surface area contributed by atoms with E-state index in [2.05, 4.69) is 15.3 Å². The Kier molecular flexibility index (Phi) is 7.77. The van der Waals surface area contributed by atoms with E-state index >= 15 is 0 Å². The molecule has 2 aromatic rings. The Balaban J connectivity index is 0.00000166. The van der Waals surface area contributed by atoms with Crippen LogP contribution in [0.4, 0.5) is 23.5 Å². The molecule has 168 valence electrons. The van der Waals surface area contributed by atoms with Gasteiger partial charge < -0.3 is 5.32 Å². The van der Waals surface area contributed by atoms with E-state index < -0.39 is 29.3 Å². The molecule has 0 atom stereocenters. The molecule has 0 radical (unpaired) electrons. The van der Waals surface area contributed by atoms with Crippen molar-refractivity contribution in [2.24, 2.45) is 0 Å². The second-order valence-corrected chi connectivity index (χ2v) is 6.80. The minimum absolute atomic E-state index is 0.00980. The number of hydrogen-bond acceptors (Lipinski definition) is 5. The summed E-state index contributed by atoms with van der Waals surface area (Å²) in [4.78, 5) is 30.5. The average molecular weight is 462 g/mol. The number of nitrogens with zero attached hydrogens (tertiary/aromatic N) is 2. The van der Waals surface area contributed by atoms with Crippen LogP contribution in [0.15, 0.2) is 30.6 Å². The van der Waals surface area contributed by atoms with Gasteiger partial charge in [-0.15, -0.1) is 0 Å². The Bertz CT molecular complexity index is 934. The first-order valence-corrected chi connectivity index (χ1v) is 9.72. The molecular formula is C19H20ClF4N5O2. The molecule has 2 amide bonds. The summed E-state index contributed by atoms with van der Waals surface area (Å²) in [5.74, 6) is -3.69. The second kappa shape index (κ2) is 9.90. The largest absolute Gasteiger partial charge is 0.472 e. The molecule has 0 unspecified atom stereocenters. The number of benzene rings is 1. The molecule has 1 aromatic heterocycles. The van der Waals surface area contributed by atoms with Gasteiger partial charge in [-0.05, 0) is 37.0 Å². The van der Waals surface area contributed by atoms with Crippen LogP contribution >= 0.6 is 11.6 Å². The number of alkyl halides is 3. The van der Waals surface area contributed by atoms with Gasteiger partial charge in [0.05, 0.1) is 16.1 Å². The fraction of sp³-hybridized carbons (Fsp3) is 0.368. The zero-order chi connectivity index (χ0) is 23.2. The molecule has 1 aliphatic carbocycles. The lowest BCUT2D eigenvalue weighted by Crippen LogP contribution is -2.47. The molecule has 1 saturated carbocycles. The molecule has 31 heavy (non-hydrogen) atoms. The van der Waals surface area contributed by atoms with E-state index in [4.69, 9.17) is 11.6 Å². The van der Waals surface area contributed by atoms with E-state index in [1.54, 1.807) is 11.5 Å². The summed E-state index contributed by atoms with van der Waals surface area (Å²) in [7, 11) is 0. The first-order valence-electron chi connectivity index (χ1n) is 9.34. The number of amides is 2. The summed E-state index contributed by atoms with van der Waals surface area (Å²) in [6.45, 7) is 4.00. The van der Waals surface area contributed by atoms with E-state index in [1.807, 2.05) is 13.8 Å². The van der Waals surface area contributed by atoms with E-state index in [0.29, 0.717) is 0 Å². The molecule has 1 aliphatic rings. The molecule has 0 bridgehead atoms. The minimum Gasteiger partial charge on any atom is -0.345 e. The van der Waals surface area contributed by atoms with Crippen molar-refractivity contribution in [2.75, 3.05) is 5.32 Å². The standard InChI is InChI=1S/C17H14ClF4N5O2.C2H6/c18-11-6-10(2-3-12(11)19)16(4-1-5-16)25-15-23-7-9(8-24-15)13(28)26-27-14(29)17(20,21)22;1-2/h2-3,6-8H,1,4-5H2,(H,26,28)(H,27,29)(H,23,24,25);1-2H3. The van der Waals surface area contributed by atoms with Gasteiger partial charge in [-0.1, -0.05) is 31.5 Å². The van der Waals surface area contributed by atoms with Gasteiger partial charge in [0.1, 0.15) is 5.82 Å². The number of anilines is 1. The van der Waals surface area contributed by atoms with E-state index in [0.717, 1.165) is 37.2 Å². The van der Waals surface area contributed by atoms with Gasteiger partial charge in [-0.25, -0.2) is 14.4 Å². The molecule has 12 heteroatoms. The maximum Gasteiger partial charge on any atom is 0.472 e. The molecule has 0 spiro atoms. The molecule has 0 aliphatic heterocycles. The maximum absolute atomic E-state index is 13.4. The zero-order valence-electron chi connectivity index (χ0n) is 16.6. The van der Waals surface area contributed by atoms with Crippen LogP contribution < -0.4 is 16.2 Å². The van der Waals surface area contributed by atoms with E-state index in [1.165, 1.54) is 17.6 Å². The van der Waals surface area contributed by atoms with Crippen molar-refractivity contribution in [3.8, 4) is 0 Å². The summed E-state index contributed by atoms with van der Waals surface area (Å²) in [6.07, 6.45) is -0.573. The number of nitrogens with one attached hydrogen (secondary N) is 3. The summed E-state index contributed by atoms with van der Waals surface area (Å²) in [6, 6.07) is 4.40. The predicted octanol–water partition coefficient (Wildman–Crippen LogP) is 4.11. The summed E-state index contributed by atoms with van der Waals surface area (Å²) in [5.41, 5.74) is 2.93. The van der Waals surface area contributed by atoms with Crippen LogP contribution in [-0.2, 0) is 10.3 Å². The van der Waals surface area contributed by atoms with Crippen molar-refractivity contribution >= 4 is 29.4 Å². The van der Waals surface area contributed by atoms with Gasteiger partial charge >= 0.3 is 12.1 Å². The van der Waals surface area contributed by atoms with Crippen LogP contribution in [0, 0.1) is 5.82 Å². The number of rotatable bonds is 4. The Morgan fingerprint density at radius 1 is 1.10 bits per heavy atom. The van der Waals surface area contributed by atoms with Crippen LogP contribution in [0.5, 0.6) is 0 Å². The highest BCUT2D eigenvalue weighted by molar-refractivity contribution is 6.30. The fourth-order valence-corrected chi connectivity index (χ4v) is 2.97. The summed E-state index contributed by atoms with van der Waals surface area (Å²) in [5, 5.41) is 3.13. The Morgan fingerprint density at radius 2 is 1.71 bits per heavy atom. The molecule has 0 saturated heterocycles. The van der Waals surface area contributed by atoms with Gasteiger partial charge in [0.2, 0.25) is 5.95 Å². The zero-order valence-corrected chi connectivity index (χ0v) is 17.4. The lowest BCUT2D eigenvalue weighted by molar-refractivity contribution is -0.174. The molecule has 1 fully saturated rings. The quantitative estimate of drug-likeness (QED) is 0.470. The summed E-state index contributed by atoms with van der Waals surface area (Å²) < 4.78 is 49.8. The molecule has 3 rings (SSSR count). The van der Waals surface area contributed by atoms with Crippen LogP contribution in [0.2, 0.25) is 5.02 Å². The number of carbonyl (C=O) groups is 2. The normalized spacial score (nSPS) is 14.4. The topological polar surface area (TPSA) is 96.0 Å². The first kappa shape index (κ1) is 24.3. The first-order chi connectivity index (χ1) is 14.6. The number of carbonyl (C=O) groups excluding carboxylic acids is 2. The third-order valence-corrected chi connectivity index (χ3v) is 4.78. The highest BCUT2D eigenvalue weighted by atomic mass is 35.5. The van der Waals surface area contributed by atoms with Crippen LogP contribution in [-0.4, -0.2) is 28.0 Å². The second-order valence-electron chi connectivity index (χ2n) is 6.39. The highest BCUT2D eigenvalue weighted by Gasteiger charge is 2.40. The minimum atomic E-state index is -5.13. The van der Waals surface area contributed by atoms with E-state index in [-0.39, 0.29) is 16.5 Å². The number of aromatic nitrogens is 2. The molecular weight excluding hydrogens is 442 g/mol. The third kappa shape index (κ3) is 5.81. The smallest absolute Gasteiger partial charge is 0.345 e. The molecule has 1 aromatic carbocycles.